The fraction of sp³-hybridized carbons (Fsp3) is 0.417. The van der Waals surface area contributed by atoms with Gasteiger partial charge in [0.05, 0.1) is 5.02 Å². The number of benzene rings is 1. The fourth-order valence-corrected chi connectivity index (χ4v) is 2.36. The van der Waals surface area contributed by atoms with Crippen LogP contribution in [0.1, 0.15) is 16.8 Å². The summed E-state index contributed by atoms with van der Waals surface area (Å²) >= 11 is 9.25. The smallest absolute Gasteiger partial charge is 0.253 e. The molecule has 1 amide bonds. The molecule has 17 heavy (non-hydrogen) atoms. The number of nitrogens with zero attached hydrogens (tertiary/aromatic N) is 1. The van der Waals surface area contributed by atoms with E-state index < -0.39 is 0 Å². The van der Waals surface area contributed by atoms with E-state index in [0.29, 0.717) is 10.6 Å². The normalized spacial score (nSPS) is 16.7. The van der Waals surface area contributed by atoms with E-state index in [2.05, 4.69) is 21.2 Å². The Balaban J connectivity index is 2.14. The van der Waals surface area contributed by atoms with Crippen LogP contribution in [0.2, 0.25) is 5.02 Å². The van der Waals surface area contributed by atoms with Crippen molar-refractivity contribution in [3.63, 3.8) is 0 Å². The average Bonchev–Trinajstić information content (AvgIpc) is 2.60. The minimum Gasteiger partial charge on any atom is -0.337 e. The lowest BCUT2D eigenvalue weighted by Gasteiger charge is -2.20. The second kappa shape index (κ2) is 5.85. The van der Waals surface area contributed by atoms with Crippen LogP contribution in [-0.4, -0.2) is 37.0 Å². The molecule has 0 atom stereocenters. The highest BCUT2D eigenvalue weighted by Gasteiger charge is 2.17. The Morgan fingerprint density at radius 2 is 2.18 bits per heavy atom. The summed E-state index contributed by atoms with van der Waals surface area (Å²) in [5, 5.41) is 3.90. The lowest BCUT2D eigenvalue weighted by molar-refractivity contribution is 0.0766. The summed E-state index contributed by atoms with van der Waals surface area (Å²) in [6, 6.07) is 5.30. The second-order valence-corrected chi connectivity index (χ2v) is 5.29. The monoisotopic (exact) mass is 316 g/mol. The molecule has 0 bridgehead atoms. The first kappa shape index (κ1) is 12.9. The summed E-state index contributed by atoms with van der Waals surface area (Å²) in [5.74, 6) is 0.0751. The number of nitrogens with one attached hydrogen (secondary N) is 1. The number of rotatable bonds is 1. The topological polar surface area (TPSA) is 32.3 Å². The van der Waals surface area contributed by atoms with Crippen LogP contribution in [-0.2, 0) is 0 Å². The van der Waals surface area contributed by atoms with Crippen molar-refractivity contribution in [1.82, 2.24) is 10.2 Å². The summed E-state index contributed by atoms with van der Waals surface area (Å²) in [4.78, 5) is 14.1. The molecule has 0 spiro atoms. The standard InChI is InChI=1S/C12H14BrClN2O/c13-10-8-9(2-3-11(10)14)12(17)16-6-1-4-15-5-7-16/h2-3,8,15H,1,4-7H2. The Labute approximate surface area is 114 Å². The Bertz CT molecular complexity index is 417. The first-order valence-electron chi connectivity index (χ1n) is 5.63. The van der Waals surface area contributed by atoms with Gasteiger partial charge in [-0.15, -0.1) is 0 Å². The number of halogens is 2. The maximum absolute atomic E-state index is 12.3. The Hall–Kier alpha value is -0.580. The molecule has 0 aliphatic carbocycles. The number of hydrogen-bond donors (Lipinski definition) is 1. The van der Waals surface area contributed by atoms with Crippen molar-refractivity contribution in [3.05, 3.63) is 33.3 Å². The molecular weight excluding hydrogens is 304 g/mol. The van der Waals surface area contributed by atoms with Gasteiger partial charge in [0, 0.05) is 29.7 Å². The van der Waals surface area contributed by atoms with Gasteiger partial charge in [0.1, 0.15) is 0 Å². The molecule has 1 aromatic rings. The van der Waals surface area contributed by atoms with Gasteiger partial charge in [-0.3, -0.25) is 4.79 Å². The van der Waals surface area contributed by atoms with Gasteiger partial charge >= 0.3 is 0 Å². The quantitative estimate of drug-likeness (QED) is 0.863. The SMILES string of the molecule is O=C(c1ccc(Cl)c(Br)c1)N1CCCNCC1. The van der Waals surface area contributed by atoms with Crippen LogP contribution >= 0.6 is 27.5 Å². The maximum Gasteiger partial charge on any atom is 0.253 e. The van der Waals surface area contributed by atoms with Crippen LogP contribution < -0.4 is 5.32 Å². The summed E-state index contributed by atoms with van der Waals surface area (Å²) < 4.78 is 0.762. The van der Waals surface area contributed by atoms with Crippen LogP contribution in [0.15, 0.2) is 22.7 Å². The van der Waals surface area contributed by atoms with Crippen molar-refractivity contribution in [2.45, 2.75) is 6.42 Å². The first-order chi connectivity index (χ1) is 8.18. The number of carbonyl (C=O) groups excluding carboxylic acids is 1. The Kier molecular flexibility index (Phi) is 4.42. The molecule has 1 aliphatic rings. The molecule has 0 radical (unpaired) electrons. The van der Waals surface area contributed by atoms with Crippen molar-refractivity contribution in [1.29, 1.82) is 0 Å². The van der Waals surface area contributed by atoms with Gasteiger partial charge in [-0.2, -0.15) is 0 Å². The van der Waals surface area contributed by atoms with Gasteiger partial charge in [0.2, 0.25) is 0 Å². The van der Waals surface area contributed by atoms with E-state index >= 15 is 0 Å². The summed E-state index contributed by atoms with van der Waals surface area (Å²) in [5.41, 5.74) is 0.683. The number of carbonyl (C=O) groups is 1. The van der Waals surface area contributed by atoms with E-state index in [1.807, 2.05) is 4.90 Å². The van der Waals surface area contributed by atoms with Crippen molar-refractivity contribution in [2.24, 2.45) is 0 Å². The van der Waals surface area contributed by atoms with E-state index in [9.17, 15) is 4.79 Å². The molecule has 5 heteroatoms. The zero-order chi connectivity index (χ0) is 12.3. The summed E-state index contributed by atoms with van der Waals surface area (Å²) in [6.07, 6.45) is 1.00. The zero-order valence-electron chi connectivity index (χ0n) is 9.38. The molecule has 2 rings (SSSR count). The van der Waals surface area contributed by atoms with Crippen molar-refractivity contribution < 1.29 is 4.79 Å². The van der Waals surface area contributed by atoms with Gasteiger partial charge in [-0.25, -0.2) is 0 Å². The average molecular weight is 318 g/mol. The first-order valence-corrected chi connectivity index (χ1v) is 6.80. The molecule has 1 aromatic carbocycles. The van der Waals surface area contributed by atoms with Crippen molar-refractivity contribution >= 4 is 33.4 Å². The maximum atomic E-state index is 12.3. The molecule has 1 N–H and O–H groups in total. The largest absolute Gasteiger partial charge is 0.337 e. The van der Waals surface area contributed by atoms with Crippen LogP contribution in [0.5, 0.6) is 0 Å². The van der Waals surface area contributed by atoms with E-state index in [1.165, 1.54) is 0 Å². The molecule has 0 aromatic heterocycles. The van der Waals surface area contributed by atoms with Crippen LogP contribution in [0.3, 0.4) is 0 Å². The highest BCUT2D eigenvalue weighted by molar-refractivity contribution is 9.10. The third-order valence-electron chi connectivity index (χ3n) is 2.79. The summed E-state index contributed by atoms with van der Waals surface area (Å²) in [6.45, 7) is 3.42. The lowest BCUT2D eigenvalue weighted by atomic mass is 10.2. The van der Waals surface area contributed by atoms with Crippen molar-refractivity contribution in [2.75, 3.05) is 26.2 Å². The van der Waals surface area contributed by atoms with Gasteiger partial charge in [-0.05, 0) is 47.1 Å². The van der Waals surface area contributed by atoms with E-state index in [-0.39, 0.29) is 5.91 Å². The second-order valence-electron chi connectivity index (χ2n) is 4.02. The van der Waals surface area contributed by atoms with Gasteiger partial charge in [0.15, 0.2) is 0 Å². The third-order valence-corrected chi connectivity index (χ3v) is 4.01. The van der Waals surface area contributed by atoms with Gasteiger partial charge in [0.25, 0.3) is 5.91 Å². The Morgan fingerprint density at radius 1 is 1.35 bits per heavy atom. The molecular formula is C12H14BrClN2O. The fourth-order valence-electron chi connectivity index (χ4n) is 1.86. The highest BCUT2D eigenvalue weighted by atomic mass is 79.9. The van der Waals surface area contributed by atoms with Crippen LogP contribution in [0, 0.1) is 0 Å². The van der Waals surface area contributed by atoms with E-state index in [4.69, 9.17) is 11.6 Å². The summed E-state index contributed by atoms with van der Waals surface area (Å²) in [7, 11) is 0. The molecule has 1 aliphatic heterocycles. The predicted molar refractivity (Wildman–Crippen MR) is 72.5 cm³/mol. The number of hydrogen-bond acceptors (Lipinski definition) is 2. The zero-order valence-corrected chi connectivity index (χ0v) is 11.7. The lowest BCUT2D eigenvalue weighted by Crippen LogP contribution is -2.34. The van der Waals surface area contributed by atoms with E-state index in [0.717, 1.165) is 37.1 Å². The molecule has 92 valence electrons. The van der Waals surface area contributed by atoms with Gasteiger partial charge in [-0.1, -0.05) is 11.6 Å². The van der Waals surface area contributed by atoms with Gasteiger partial charge < -0.3 is 10.2 Å². The molecule has 0 saturated carbocycles. The molecule has 3 nitrogen and oxygen atoms in total. The molecule has 1 fully saturated rings. The predicted octanol–water partition coefficient (Wildman–Crippen LogP) is 2.54. The molecule has 1 heterocycles. The number of amides is 1. The highest BCUT2D eigenvalue weighted by Crippen LogP contribution is 2.23. The van der Waals surface area contributed by atoms with Crippen molar-refractivity contribution in [3.8, 4) is 0 Å². The Morgan fingerprint density at radius 3 is 2.94 bits per heavy atom. The minimum absolute atomic E-state index is 0.0751. The third kappa shape index (κ3) is 3.21. The van der Waals surface area contributed by atoms with E-state index in [1.54, 1.807) is 18.2 Å². The molecule has 0 unspecified atom stereocenters. The molecule has 1 saturated heterocycles. The van der Waals surface area contributed by atoms with Crippen LogP contribution in [0.4, 0.5) is 0 Å². The minimum atomic E-state index is 0.0751. The van der Waals surface area contributed by atoms with Crippen LogP contribution in [0.25, 0.3) is 0 Å².